The van der Waals surface area contributed by atoms with Gasteiger partial charge in [0.1, 0.15) is 5.75 Å². The van der Waals surface area contributed by atoms with Crippen molar-refractivity contribution in [3.05, 3.63) is 18.2 Å². The number of aromatic nitrogens is 2. The van der Waals surface area contributed by atoms with Gasteiger partial charge in [0, 0.05) is 18.7 Å². The van der Waals surface area contributed by atoms with Crippen molar-refractivity contribution in [2.24, 2.45) is 0 Å². The third-order valence-electron chi connectivity index (χ3n) is 3.70. The molecule has 21 heavy (non-hydrogen) atoms. The number of thioether (sulfide) groups is 1. The van der Waals surface area contributed by atoms with Crippen molar-refractivity contribution < 1.29 is 9.47 Å². The third kappa shape index (κ3) is 3.33. The molecule has 2 heterocycles. The molecule has 2 atom stereocenters. The van der Waals surface area contributed by atoms with Crippen LogP contribution in [0.4, 0.5) is 0 Å². The number of imidazole rings is 1. The average Bonchev–Trinajstić information content (AvgIpc) is 2.90. The highest BCUT2D eigenvalue weighted by Gasteiger charge is 2.27. The standard InChI is InChI=1S/C15H21N3O2S/c1-3-16-12-6-7-20-9-14(12)21-15-17-11-5-4-10(19-2)8-13(11)18-15/h4-5,8,12,14,16H,3,6-7,9H2,1-2H3,(H,17,18). The predicted molar refractivity (Wildman–Crippen MR) is 85.2 cm³/mol. The molecule has 2 aromatic rings. The summed E-state index contributed by atoms with van der Waals surface area (Å²) in [6, 6.07) is 6.37. The summed E-state index contributed by atoms with van der Waals surface area (Å²) >= 11 is 1.76. The summed E-state index contributed by atoms with van der Waals surface area (Å²) in [4.78, 5) is 8.01. The lowest BCUT2D eigenvalue weighted by atomic mass is 10.1. The molecule has 1 aliphatic heterocycles. The predicted octanol–water partition coefficient (Wildman–Crippen LogP) is 2.43. The lowest BCUT2D eigenvalue weighted by Gasteiger charge is -2.30. The Balaban J connectivity index is 1.76. The molecule has 1 saturated heterocycles. The molecular formula is C15H21N3O2S. The lowest BCUT2D eigenvalue weighted by Crippen LogP contribution is -2.44. The lowest BCUT2D eigenvalue weighted by molar-refractivity contribution is 0.0836. The Bertz CT molecular complexity index is 600. The monoisotopic (exact) mass is 307 g/mol. The van der Waals surface area contributed by atoms with Gasteiger partial charge >= 0.3 is 0 Å². The second-order valence-corrected chi connectivity index (χ2v) is 6.34. The van der Waals surface area contributed by atoms with Gasteiger partial charge in [0.05, 0.1) is 30.0 Å². The Hall–Kier alpha value is -1.24. The van der Waals surface area contributed by atoms with Gasteiger partial charge in [-0.3, -0.25) is 0 Å². The van der Waals surface area contributed by atoms with E-state index in [0.29, 0.717) is 11.3 Å². The molecule has 2 unspecified atom stereocenters. The Morgan fingerprint density at radius 3 is 3.24 bits per heavy atom. The summed E-state index contributed by atoms with van der Waals surface area (Å²) in [6.07, 6.45) is 1.06. The molecule has 0 radical (unpaired) electrons. The van der Waals surface area contributed by atoms with E-state index in [0.717, 1.165) is 48.1 Å². The van der Waals surface area contributed by atoms with Crippen LogP contribution in [0.2, 0.25) is 0 Å². The number of hydrogen-bond donors (Lipinski definition) is 2. The van der Waals surface area contributed by atoms with Crippen molar-refractivity contribution in [1.29, 1.82) is 0 Å². The van der Waals surface area contributed by atoms with Crippen molar-refractivity contribution in [2.45, 2.75) is 29.8 Å². The molecule has 5 nitrogen and oxygen atoms in total. The normalized spacial score (nSPS) is 22.6. The van der Waals surface area contributed by atoms with Crippen molar-refractivity contribution >= 4 is 22.8 Å². The second kappa shape index (κ2) is 6.68. The molecule has 0 saturated carbocycles. The van der Waals surface area contributed by atoms with Gasteiger partial charge < -0.3 is 19.8 Å². The van der Waals surface area contributed by atoms with Crippen molar-refractivity contribution in [3.63, 3.8) is 0 Å². The Morgan fingerprint density at radius 1 is 1.52 bits per heavy atom. The van der Waals surface area contributed by atoms with E-state index in [1.54, 1.807) is 18.9 Å². The van der Waals surface area contributed by atoms with Gasteiger partial charge in [-0.15, -0.1) is 0 Å². The van der Waals surface area contributed by atoms with Crippen LogP contribution >= 0.6 is 11.8 Å². The van der Waals surface area contributed by atoms with Crippen LogP contribution < -0.4 is 10.1 Å². The zero-order chi connectivity index (χ0) is 14.7. The number of nitrogens with zero attached hydrogens (tertiary/aromatic N) is 1. The Kier molecular flexibility index (Phi) is 4.67. The van der Waals surface area contributed by atoms with Crippen LogP contribution in [0.15, 0.2) is 23.4 Å². The molecule has 1 aliphatic rings. The quantitative estimate of drug-likeness (QED) is 0.888. The van der Waals surface area contributed by atoms with E-state index < -0.39 is 0 Å². The first kappa shape index (κ1) is 14.7. The van der Waals surface area contributed by atoms with Crippen LogP contribution in [-0.4, -0.2) is 48.1 Å². The van der Waals surface area contributed by atoms with E-state index in [1.807, 2.05) is 18.2 Å². The first-order valence-corrected chi connectivity index (χ1v) is 8.19. The number of fused-ring (bicyclic) bond motifs is 1. The summed E-state index contributed by atoms with van der Waals surface area (Å²) in [5.41, 5.74) is 1.98. The van der Waals surface area contributed by atoms with Gasteiger partial charge in [0.2, 0.25) is 0 Å². The SMILES string of the molecule is CCNC1CCOCC1Sc1nc2ccc(OC)cc2[nH]1. The van der Waals surface area contributed by atoms with Crippen LogP contribution in [0.5, 0.6) is 5.75 Å². The van der Waals surface area contributed by atoms with Gasteiger partial charge in [-0.25, -0.2) is 4.98 Å². The highest BCUT2D eigenvalue weighted by Crippen LogP contribution is 2.29. The van der Waals surface area contributed by atoms with Gasteiger partial charge in [-0.2, -0.15) is 0 Å². The van der Waals surface area contributed by atoms with Crippen LogP contribution in [0, 0.1) is 0 Å². The fraction of sp³-hybridized carbons (Fsp3) is 0.533. The minimum Gasteiger partial charge on any atom is -0.497 e. The molecule has 1 aromatic heterocycles. The number of benzene rings is 1. The average molecular weight is 307 g/mol. The largest absolute Gasteiger partial charge is 0.497 e. The molecule has 1 aromatic carbocycles. The third-order valence-corrected chi connectivity index (χ3v) is 4.88. The van der Waals surface area contributed by atoms with E-state index >= 15 is 0 Å². The molecule has 0 aliphatic carbocycles. The maximum atomic E-state index is 5.62. The highest BCUT2D eigenvalue weighted by atomic mass is 32.2. The molecule has 6 heteroatoms. The summed E-state index contributed by atoms with van der Waals surface area (Å²) < 4.78 is 10.9. The number of nitrogens with one attached hydrogen (secondary N) is 2. The molecule has 2 N–H and O–H groups in total. The van der Waals surface area contributed by atoms with Crippen LogP contribution in [0.1, 0.15) is 13.3 Å². The molecule has 114 valence electrons. The van der Waals surface area contributed by atoms with E-state index in [-0.39, 0.29) is 0 Å². The fourth-order valence-corrected chi connectivity index (χ4v) is 3.78. The molecule has 1 fully saturated rings. The smallest absolute Gasteiger partial charge is 0.166 e. The number of rotatable bonds is 5. The van der Waals surface area contributed by atoms with E-state index in [1.165, 1.54) is 0 Å². The number of aromatic amines is 1. The number of methoxy groups -OCH3 is 1. The summed E-state index contributed by atoms with van der Waals surface area (Å²) in [5.74, 6) is 0.842. The number of ether oxygens (including phenoxy) is 2. The first-order valence-electron chi connectivity index (χ1n) is 7.31. The summed E-state index contributed by atoms with van der Waals surface area (Å²) in [6.45, 7) is 4.73. The van der Waals surface area contributed by atoms with Gasteiger partial charge in [0.25, 0.3) is 0 Å². The van der Waals surface area contributed by atoms with E-state index in [9.17, 15) is 0 Å². The van der Waals surface area contributed by atoms with Gasteiger partial charge in [-0.1, -0.05) is 18.7 Å². The topological polar surface area (TPSA) is 59.2 Å². The summed E-state index contributed by atoms with van der Waals surface area (Å²) in [5, 5.41) is 4.88. The zero-order valence-corrected chi connectivity index (χ0v) is 13.2. The second-order valence-electron chi connectivity index (χ2n) is 5.11. The van der Waals surface area contributed by atoms with E-state index in [4.69, 9.17) is 9.47 Å². The van der Waals surface area contributed by atoms with Crippen molar-refractivity contribution in [2.75, 3.05) is 26.9 Å². The van der Waals surface area contributed by atoms with E-state index in [2.05, 4.69) is 22.2 Å². The van der Waals surface area contributed by atoms with Gasteiger partial charge in [-0.05, 0) is 25.1 Å². The van der Waals surface area contributed by atoms with Crippen molar-refractivity contribution in [3.8, 4) is 5.75 Å². The molecular weight excluding hydrogens is 286 g/mol. The molecule has 0 spiro atoms. The van der Waals surface area contributed by atoms with Gasteiger partial charge in [0.15, 0.2) is 5.16 Å². The Labute approximate surface area is 128 Å². The maximum absolute atomic E-state index is 5.62. The van der Waals surface area contributed by atoms with Crippen molar-refractivity contribution in [1.82, 2.24) is 15.3 Å². The molecule has 3 rings (SSSR count). The van der Waals surface area contributed by atoms with Crippen LogP contribution in [0.25, 0.3) is 11.0 Å². The first-order chi connectivity index (χ1) is 10.3. The van der Waals surface area contributed by atoms with Crippen LogP contribution in [0.3, 0.4) is 0 Å². The Morgan fingerprint density at radius 2 is 2.43 bits per heavy atom. The fourth-order valence-electron chi connectivity index (χ4n) is 2.62. The summed E-state index contributed by atoms with van der Waals surface area (Å²) in [7, 11) is 1.67. The zero-order valence-electron chi connectivity index (χ0n) is 12.4. The van der Waals surface area contributed by atoms with Crippen LogP contribution in [-0.2, 0) is 4.74 Å². The molecule has 0 amide bonds. The number of hydrogen-bond acceptors (Lipinski definition) is 5. The highest BCUT2D eigenvalue weighted by molar-refractivity contribution is 7.99. The number of H-pyrrole nitrogens is 1. The maximum Gasteiger partial charge on any atom is 0.166 e. The minimum absolute atomic E-state index is 0.390. The molecule has 0 bridgehead atoms. The minimum atomic E-state index is 0.390.